The van der Waals surface area contributed by atoms with Crippen LogP contribution in [0.25, 0.3) is 23.1 Å². The average molecular weight is 331 g/mol. The molecule has 122 valence electrons. The molecule has 2 aromatic heterocycles. The van der Waals surface area contributed by atoms with E-state index in [1.807, 2.05) is 48.6 Å². The highest BCUT2D eigenvalue weighted by Gasteiger charge is 2.05. The van der Waals surface area contributed by atoms with E-state index in [4.69, 9.17) is 4.42 Å². The Hall–Kier alpha value is -3.47. The zero-order chi connectivity index (χ0) is 17.1. The highest BCUT2D eigenvalue weighted by atomic mass is 19.1. The number of hydrogen-bond acceptors (Lipinski definition) is 4. The van der Waals surface area contributed by atoms with E-state index < -0.39 is 0 Å². The van der Waals surface area contributed by atoms with Crippen LogP contribution >= 0.6 is 0 Å². The monoisotopic (exact) mass is 331 g/mol. The lowest BCUT2D eigenvalue weighted by atomic mass is 10.1. The molecule has 0 fully saturated rings. The second-order valence-corrected chi connectivity index (χ2v) is 5.48. The van der Waals surface area contributed by atoms with Gasteiger partial charge in [-0.2, -0.15) is 0 Å². The van der Waals surface area contributed by atoms with E-state index >= 15 is 0 Å². The fourth-order valence-corrected chi connectivity index (χ4v) is 2.51. The molecular formula is C20H14FN3O. The molecule has 5 heteroatoms. The predicted molar refractivity (Wildman–Crippen MR) is 96.9 cm³/mol. The number of furan rings is 1. The summed E-state index contributed by atoms with van der Waals surface area (Å²) < 4.78 is 18.8. The van der Waals surface area contributed by atoms with Crippen molar-refractivity contribution in [1.29, 1.82) is 0 Å². The van der Waals surface area contributed by atoms with E-state index in [0.717, 1.165) is 17.0 Å². The average Bonchev–Trinajstić information content (AvgIpc) is 3.15. The van der Waals surface area contributed by atoms with E-state index in [-0.39, 0.29) is 5.82 Å². The van der Waals surface area contributed by atoms with Gasteiger partial charge in [-0.1, -0.05) is 18.2 Å². The van der Waals surface area contributed by atoms with Crippen molar-refractivity contribution in [2.24, 2.45) is 0 Å². The highest BCUT2D eigenvalue weighted by molar-refractivity contribution is 5.90. The molecule has 2 heterocycles. The Labute approximate surface area is 143 Å². The van der Waals surface area contributed by atoms with Crippen molar-refractivity contribution in [2.45, 2.75) is 0 Å². The molecule has 4 aromatic rings. The van der Waals surface area contributed by atoms with Crippen molar-refractivity contribution in [1.82, 2.24) is 9.97 Å². The molecule has 0 bridgehead atoms. The first-order valence-electron chi connectivity index (χ1n) is 7.77. The second-order valence-electron chi connectivity index (χ2n) is 5.48. The van der Waals surface area contributed by atoms with E-state index in [1.54, 1.807) is 12.3 Å². The maximum absolute atomic E-state index is 13.5. The molecule has 0 saturated carbocycles. The Morgan fingerprint density at radius 2 is 1.84 bits per heavy atom. The summed E-state index contributed by atoms with van der Waals surface area (Å²) in [6, 6.07) is 16.0. The van der Waals surface area contributed by atoms with Crippen LogP contribution in [0.1, 0.15) is 11.3 Å². The van der Waals surface area contributed by atoms with Gasteiger partial charge in [-0.25, -0.2) is 14.4 Å². The molecule has 0 saturated heterocycles. The first kappa shape index (κ1) is 15.1. The van der Waals surface area contributed by atoms with E-state index in [2.05, 4.69) is 15.3 Å². The lowest BCUT2D eigenvalue weighted by Gasteiger charge is -2.08. The van der Waals surface area contributed by atoms with Gasteiger partial charge in [-0.3, -0.25) is 0 Å². The number of halogens is 1. The summed E-state index contributed by atoms with van der Waals surface area (Å²) in [4.78, 5) is 8.37. The Morgan fingerprint density at radius 1 is 0.960 bits per heavy atom. The van der Waals surface area contributed by atoms with Crippen LogP contribution in [0.4, 0.5) is 15.9 Å². The first-order valence-corrected chi connectivity index (χ1v) is 7.77. The highest BCUT2D eigenvalue weighted by Crippen LogP contribution is 2.24. The number of benzene rings is 2. The molecular weight excluding hydrogens is 317 g/mol. The van der Waals surface area contributed by atoms with Gasteiger partial charge in [0.1, 0.15) is 23.7 Å². The third kappa shape index (κ3) is 3.40. The topological polar surface area (TPSA) is 51.0 Å². The standard InChI is InChI=1S/C20H14FN3O/c21-15-6-10-19-18(12-15)20(23-13-22-19)24-16-7-3-14(4-8-16)5-9-17-2-1-11-25-17/h1-13H,(H,22,23,24)/b9-5+. The Balaban J connectivity index is 1.56. The molecule has 4 nitrogen and oxygen atoms in total. The maximum Gasteiger partial charge on any atom is 0.141 e. The molecule has 0 spiro atoms. The quantitative estimate of drug-likeness (QED) is 0.553. The van der Waals surface area contributed by atoms with Gasteiger partial charge in [-0.15, -0.1) is 0 Å². The zero-order valence-electron chi connectivity index (χ0n) is 13.2. The van der Waals surface area contributed by atoms with Crippen molar-refractivity contribution in [3.8, 4) is 0 Å². The van der Waals surface area contributed by atoms with Crippen LogP contribution in [-0.2, 0) is 0 Å². The van der Waals surface area contributed by atoms with Gasteiger partial charge in [0.25, 0.3) is 0 Å². The van der Waals surface area contributed by atoms with Crippen LogP contribution < -0.4 is 5.32 Å². The van der Waals surface area contributed by atoms with Gasteiger partial charge >= 0.3 is 0 Å². The SMILES string of the molecule is Fc1ccc2ncnc(Nc3ccc(/C=C/c4ccco4)cc3)c2c1. The predicted octanol–water partition coefficient (Wildman–Crippen LogP) is 5.28. The lowest BCUT2D eigenvalue weighted by molar-refractivity contribution is 0.557. The Bertz CT molecular complexity index is 1020. The zero-order valence-corrected chi connectivity index (χ0v) is 13.2. The molecule has 0 amide bonds. The number of nitrogens with zero attached hydrogens (tertiary/aromatic N) is 2. The molecule has 1 N–H and O–H groups in total. The van der Waals surface area contributed by atoms with Crippen LogP contribution in [-0.4, -0.2) is 9.97 Å². The van der Waals surface area contributed by atoms with Crippen LogP contribution in [0, 0.1) is 5.82 Å². The molecule has 4 rings (SSSR count). The summed E-state index contributed by atoms with van der Waals surface area (Å²) in [6.07, 6.45) is 6.98. The van der Waals surface area contributed by atoms with Crippen molar-refractivity contribution < 1.29 is 8.81 Å². The van der Waals surface area contributed by atoms with Gasteiger partial charge < -0.3 is 9.73 Å². The number of hydrogen-bond donors (Lipinski definition) is 1. The van der Waals surface area contributed by atoms with Crippen molar-refractivity contribution >= 4 is 34.6 Å². The fraction of sp³-hybridized carbons (Fsp3) is 0. The summed E-state index contributed by atoms with van der Waals surface area (Å²) in [7, 11) is 0. The van der Waals surface area contributed by atoms with Gasteiger partial charge in [-0.05, 0) is 54.1 Å². The van der Waals surface area contributed by atoms with Crippen LogP contribution in [0.5, 0.6) is 0 Å². The molecule has 0 aliphatic heterocycles. The van der Waals surface area contributed by atoms with E-state index in [9.17, 15) is 4.39 Å². The minimum absolute atomic E-state index is 0.316. The Kier molecular flexibility index (Phi) is 3.96. The molecule has 0 unspecified atom stereocenters. The van der Waals surface area contributed by atoms with E-state index in [1.165, 1.54) is 18.5 Å². The van der Waals surface area contributed by atoms with Crippen molar-refractivity contribution in [3.05, 3.63) is 84.3 Å². The van der Waals surface area contributed by atoms with Gasteiger partial charge in [0.15, 0.2) is 0 Å². The molecule has 0 aliphatic carbocycles. The number of anilines is 2. The number of nitrogens with one attached hydrogen (secondary N) is 1. The third-order valence-corrected chi connectivity index (χ3v) is 3.75. The minimum Gasteiger partial charge on any atom is -0.465 e. The van der Waals surface area contributed by atoms with E-state index in [0.29, 0.717) is 16.7 Å². The summed E-state index contributed by atoms with van der Waals surface area (Å²) in [5, 5.41) is 3.85. The minimum atomic E-state index is -0.316. The molecule has 0 aliphatic rings. The molecule has 2 aromatic carbocycles. The third-order valence-electron chi connectivity index (χ3n) is 3.75. The second kappa shape index (κ2) is 6.57. The van der Waals surface area contributed by atoms with Crippen LogP contribution in [0.15, 0.2) is 71.6 Å². The summed E-state index contributed by atoms with van der Waals surface area (Å²) >= 11 is 0. The van der Waals surface area contributed by atoms with Crippen LogP contribution in [0.3, 0.4) is 0 Å². The Morgan fingerprint density at radius 3 is 2.64 bits per heavy atom. The number of rotatable bonds is 4. The largest absolute Gasteiger partial charge is 0.465 e. The maximum atomic E-state index is 13.5. The van der Waals surface area contributed by atoms with Crippen LogP contribution in [0.2, 0.25) is 0 Å². The summed E-state index contributed by atoms with van der Waals surface area (Å²) in [5.41, 5.74) is 2.59. The van der Waals surface area contributed by atoms with Gasteiger partial charge in [0.2, 0.25) is 0 Å². The summed E-state index contributed by atoms with van der Waals surface area (Å²) in [6.45, 7) is 0. The van der Waals surface area contributed by atoms with Gasteiger partial charge in [0, 0.05) is 11.1 Å². The van der Waals surface area contributed by atoms with Gasteiger partial charge in [0.05, 0.1) is 11.8 Å². The normalized spacial score (nSPS) is 11.2. The molecule has 0 atom stereocenters. The first-order chi connectivity index (χ1) is 12.3. The summed E-state index contributed by atoms with van der Waals surface area (Å²) in [5.74, 6) is 1.06. The fourth-order valence-electron chi connectivity index (χ4n) is 2.51. The van der Waals surface area contributed by atoms with Crippen molar-refractivity contribution in [2.75, 3.05) is 5.32 Å². The number of aromatic nitrogens is 2. The van der Waals surface area contributed by atoms with Crippen molar-refractivity contribution in [3.63, 3.8) is 0 Å². The number of fused-ring (bicyclic) bond motifs is 1. The lowest BCUT2D eigenvalue weighted by Crippen LogP contribution is -1.96. The molecule has 25 heavy (non-hydrogen) atoms. The smallest absolute Gasteiger partial charge is 0.141 e. The molecule has 0 radical (unpaired) electrons.